The molecule has 0 aromatic heterocycles. The number of amides is 2. The Labute approximate surface area is 179 Å². The minimum atomic E-state index is 0.0317. The molecule has 1 aromatic carbocycles. The predicted molar refractivity (Wildman–Crippen MR) is 115 cm³/mol. The van der Waals surface area contributed by atoms with E-state index in [4.69, 9.17) is 9.47 Å². The Balaban J connectivity index is 1.21. The largest absolute Gasteiger partial charge is 0.490 e. The highest BCUT2D eigenvalue weighted by atomic mass is 16.5. The minimum Gasteiger partial charge on any atom is -0.490 e. The molecule has 0 N–H and O–H groups in total. The molecule has 30 heavy (non-hydrogen) atoms. The Kier molecular flexibility index (Phi) is 6.93. The van der Waals surface area contributed by atoms with Gasteiger partial charge in [0.25, 0.3) is 5.91 Å². The van der Waals surface area contributed by atoms with Crippen molar-refractivity contribution in [3.8, 4) is 5.75 Å². The maximum Gasteiger partial charge on any atom is 0.253 e. The lowest BCUT2D eigenvalue weighted by Crippen LogP contribution is -2.42. The average molecular weight is 415 g/mol. The summed E-state index contributed by atoms with van der Waals surface area (Å²) >= 11 is 0. The van der Waals surface area contributed by atoms with E-state index in [-0.39, 0.29) is 18.1 Å². The maximum absolute atomic E-state index is 12.7. The molecule has 1 aromatic rings. The zero-order valence-electron chi connectivity index (χ0n) is 18.1. The van der Waals surface area contributed by atoms with Crippen LogP contribution in [0.25, 0.3) is 0 Å². The fourth-order valence-corrected chi connectivity index (χ4v) is 4.35. The van der Waals surface area contributed by atoms with Crippen LogP contribution in [0.2, 0.25) is 0 Å². The summed E-state index contributed by atoms with van der Waals surface area (Å²) < 4.78 is 11.9. The van der Waals surface area contributed by atoms with Gasteiger partial charge in [0.15, 0.2) is 0 Å². The van der Waals surface area contributed by atoms with Gasteiger partial charge in [0.05, 0.1) is 6.10 Å². The molecule has 0 spiro atoms. The molecule has 6 nitrogen and oxygen atoms in total. The highest BCUT2D eigenvalue weighted by Crippen LogP contribution is 2.32. The SMILES string of the molecule is CN(CC[C@H]1CCCCO1)C(=O)c1ccc(OC2CCN(C(=O)C3CC3)CC2)cc1. The second-order valence-electron chi connectivity index (χ2n) is 8.95. The van der Waals surface area contributed by atoms with Gasteiger partial charge in [-0.3, -0.25) is 9.59 Å². The van der Waals surface area contributed by atoms with Gasteiger partial charge in [-0.15, -0.1) is 0 Å². The number of ether oxygens (including phenoxy) is 2. The van der Waals surface area contributed by atoms with Crippen LogP contribution in [0.3, 0.4) is 0 Å². The van der Waals surface area contributed by atoms with Gasteiger partial charge >= 0.3 is 0 Å². The van der Waals surface area contributed by atoms with E-state index in [0.717, 1.165) is 70.4 Å². The van der Waals surface area contributed by atoms with Crippen LogP contribution in [0, 0.1) is 5.92 Å². The van der Waals surface area contributed by atoms with E-state index in [2.05, 4.69) is 0 Å². The van der Waals surface area contributed by atoms with Gasteiger partial charge in [-0.05, 0) is 62.8 Å². The van der Waals surface area contributed by atoms with Gasteiger partial charge in [-0.1, -0.05) is 0 Å². The standard InChI is InChI=1S/C24H34N2O4/c1-25(14-11-20-4-2-3-17-29-20)23(27)18-7-9-21(10-8-18)30-22-12-15-26(16-13-22)24(28)19-5-6-19/h7-10,19-20,22H,2-6,11-17H2,1H3/t20-/m1/s1. The van der Waals surface area contributed by atoms with E-state index in [9.17, 15) is 9.59 Å². The third-order valence-electron chi connectivity index (χ3n) is 6.49. The number of carbonyl (C=O) groups is 2. The first kappa shape index (κ1) is 21.2. The van der Waals surface area contributed by atoms with Crippen LogP contribution in [0.1, 0.15) is 61.7 Å². The lowest BCUT2D eigenvalue weighted by molar-refractivity contribution is -0.134. The molecule has 2 heterocycles. The van der Waals surface area contributed by atoms with E-state index < -0.39 is 0 Å². The van der Waals surface area contributed by atoms with Crippen molar-refractivity contribution in [2.24, 2.45) is 5.92 Å². The fraction of sp³-hybridized carbons (Fsp3) is 0.667. The van der Waals surface area contributed by atoms with Crippen LogP contribution >= 0.6 is 0 Å². The minimum absolute atomic E-state index is 0.0317. The van der Waals surface area contributed by atoms with E-state index >= 15 is 0 Å². The molecule has 3 fully saturated rings. The predicted octanol–water partition coefficient (Wildman–Crippen LogP) is 3.50. The summed E-state index contributed by atoms with van der Waals surface area (Å²) in [6.07, 6.45) is 8.64. The maximum atomic E-state index is 12.7. The number of hydrogen-bond acceptors (Lipinski definition) is 4. The van der Waals surface area contributed by atoms with Crippen molar-refractivity contribution in [1.29, 1.82) is 0 Å². The van der Waals surface area contributed by atoms with Crippen molar-refractivity contribution in [1.82, 2.24) is 9.80 Å². The molecule has 2 saturated heterocycles. The Bertz CT molecular complexity index is 717. The third kappa shape index (κ3) is 5.54. The summed E-state index contributed by atoms with van der Waals surface area (Å²) in [4.78, 5) is 28.6. The summed E-state index contributed by atoms with van der Waals surface area (Å²) in [7, 11) is 1.85. The lowest BCUT2D eigenvalue weighted by Gasteiger charge is -2.32. The first-order valence-corrected chi connectivity index (χ1v) is 11.5. The highest BCUT2D eigenvalue weighted by Gasteiger charge is 2.35. The second kappa shape index (κ2) is 9.82. The smallest absolute Gasteiger partial charge is 0.253 e. The molecule has 2 amide bonds. The number of hydrogen-bond donors (Lipinski definition) is 0. The zero-order valence-corrected chi connectivity index (χ0v) is 18.1. The van der Waals surface area contributed by atoms with E-state index in [1.54, 1.807) is 4.90 Å². The molecular weight excluding hydrogens is 380 g/mol. The van der Waals surface area contributed by atoms with Crippen LogP contribution < -0.4 is 4.74 Å². The van der Waals surface area contributed by atoms with Gasteiger partial charge in [0, 0.05) is 57.6 Å². The topological polar surface area (TPSA) is 59.1 Å². The van der Waals surface area contributed by atoms with E-state index in [1.807, 2.05) is 36.2 Å². The number of nitrogens with zero attached hydrogens (tertiary/aromatic N) is 2. The van der Waals surface area contributed by atoms with Crippen LogP contribution in [-0.4, -0.2) is 67.1 Å². The summed E-state index contributed by atoms with van der Waals surface area (Å²) in [5, 5.41) is 0. The Morgan fingerprint density at radius 3 is 2.43 bits per heavy atom. The molecule has 1 saturated carbocycles. The molecule has 164 valence electrons. The van der Waals surface area contributed by atoms with E-state index in [0.29, 0.717) is 23.9 Å². The van der Waals surface area contributed by atoms with Crippen molar-refractivity contribution in [2.45, 2.75) is 63.6 Å². The van der Waals surface area contributed by atoms with Gasteiger partial charge < -0.3 is 19.3 Å². The van der Waals surface area contributed by atoms with Gasteiger partial charge in [0.1, 0.15) is 11.9 Å². The fourth-order valence-electron chi connectivity index (χ4n) is 4.35. The van der Waals surface area contributed by atoms with Crippen molar-refractivity contribution in [2.75, 3.05) is 33.3 Å². The molecule has 2 aliphatic heterocycles. The summed E-state index contributed by atoms with van der Waals surface area (Å²) in [5.74, 6) is 1.44. The number of carbonyl (C=O) groups excluding carboxylic acids is 2. The number of piperidine rings is 1. The van der Waals surface area contributed by atoms with Crippen molar-refractivity contribution >= 4 is 11.8 Å². The monoisotopic (exact) mass is 414 g/mol. The average Bonchev–Trinajstić information content (AvgIpc) is 3.64. The molecule has 0 bridgehead atoms. The Morgan fingerprint density at radius 1 is 1.07 bits per heavy atom. The van der Waals surface area contributed by atoms with Crippen molar-refractivity contribution in [3.63, 3.8) is 0 Å². The number of rotatable bonds is 7. The summed E-state index contributed by atoms with van der Waals surface area (Å²) in [6, 6.07) is 7.45. The Morgan fingerprint density at radius 2 is 1.80 bits per heavy atom. The van der Waals surface area contributed by atoms with Gasteiger partial charge in [-0.2, -0.15) is 0 Å². The van der Waals surface area contributed by atoms with Crippen LogP contribution in [0.15, 0.2) is 24.3 Å². The normalized spacial score (nSPS) is 22.6. The van der Waals surface area contributed by atoms with Crippen LogP contribution in [0.5, 0.6) is 5.75 Å². The summed E-state index contributed by atoms with van der Waals surface area (Å²) in [6.45, 7) is 3.12. The quantitative estimate of drug-likeness (QED) is 0.685. The molecule has 1 aliphatic carbocycles. The van der Waals surface area contributed by atoms with Crippen LogP contribution in [-0.2, 0) is 9.53 Å². The first-order valence-electron chi connectivity index (χ1n) is 11.5. The molecular formula is C24H34N2O4. The molecule has 1 atom stereocenters. The molecule has 4 rings (SSSR count). The van der Waals surface area contributed by atoms with Gasteiger partial charge in [-0.25, -0.2) is 0 Å². The number of benzene rings is 1. The molecule has 0 unspecified atom stereocenters. The van der Waals surface area contributed by atoms with Gasteiger partial charge in [0.2, 0.25) is 5.91 Å². The lowest BCUT2D eigenvalue weighted by atomic mass is 10.1. The molecule has 0 radical (unpaired) electrons. The third-order valence-corrected chi connectivity index (χ3v) is 6.49. The van der Waals surface area contributed by atoms with Crippen molar-refractivity contribution < 1.29 is 19.1 Å². The first-order chi connectivity index (χ1) is 14.6. The molecule has 6 heteroatoms. The molecule has 3 aliphatic rings. The summed E-state index contributed by atoms with van der Waals surface area (Å²) in [5.41, 5.74) is 0.680. The number of likely N-dealkylation sites (tertiary alicyclic amines) is 1. The second-order valence-corrected chi connectivity index (χ2v) is 8.95. The Hall–Kier alpha value is -2.08. The zero-order chi connectivity index (χ0) is 20.9. The van der Waals surface area contributed by atoms with Crippen molar-refractivity contribution in [3.05, 3.63) is 29.8 Å². The van der Waals surface area contributed by atoms with E-state index in [1.165, 1.54) is 6.42 Å². The highest BCUT2D eigenvalue weighted by molar-refractivity contribution is 5.94. The van der Waals surface area contributed by atoms with Crippen LogP contribution in [0.4, 0.5) is 0 Å².